The molecule has 10 heavy (non-hydrogen) atoms. The first-order valence-corrected chi connectivity index (χ1v) is 3.16. The summed E-state index contributed by atoms with van der Waals surface area (Å²) in [5.74, 6) is -2.88. The minimum atomic E-state index is -2.88. The molecule has 0 aliphatic heterocycles. The Labute approximate surface area is 58.7 Å². The Hall–Kier alpha value is -0.470. The van der Waals surface area contributed by atoms with Gasteiger partial charge in [-0.3, -0.25) is 0 Å². The molecule has 0 radical (unpaired) electrons. The average Bonchev–Trinajstić information content (AvgIpc) is 1.87. The molecule has 0 aromatic heterocycles. The van der Waals surface area contributed by atoms with Crippen molar-refractivity contribution in [1.82, 2.24) is 0 Å². The van der Waals surface area contributed by atoms with Crippen LogP contribution < -0.4 is 0 Å². The molecule has 0 fully saturated rings. The zero-order valence-corrected chi connectivity index (χ0v) is 5.91. The SMILES string of the molecule is C=CC(F)CC(F)(F)CC. The van der Waals surface area contributed by atoms with Gasteiger partial charge >= 0.3 is 0 Å². The predicted molar refractivity (Wildman–Crippen MR) is 34.9 cm³/mol. The van der Waals surface area contributed by atoms with E-state index >= 15 is 0 Å². The summed E-state index contributed by atoms with van der Waals surface area (Å²) in [6, 6.07) is 0. The van der Waals surface area contributed by atoms with Crippen LogP contribution in [0.5, 0.6) is 0 Å². The van der Waals surface area contributed by atoms with Crippen molar-refractivity contribution in [3.05, 3.63) is 12.7 Å². The van der Waals surface area contributed by atoms with E-state index in [4.69, 9.17) is 0 Å². The first kappa shape index (κ1) is 9.53. The number of allylic oxidation sites excluding steroid dienone is 1. The van der Waals surface area contributed by atoms with Crippen LogP contribution in [0.1, 0.15) is 19.8 Å². The Morgan fingerprint density at radius 3 is 2.40 bits per heavy atom. The van der Waals surface area contributed by atoms with Gasteiger partial charge in [0.05, 0.1) is 0 Å². The Morgan fingerprint density at radius 1 is 1.60 bits per heavy atom. The van der Waals surface area contributed by atoms with Gasteiger partial charge in [0.25, 0.3) is 5.92 Å². The molecule has 0 aromatic carbocycles. The molecule has 0 spiro atoms. The zero-order chi connectivity index (χ0) is 8.20. The monoisotopic (exact) mass is 152 g/mol. The average molecular weight is 152 g/mol. The Bertz CT molecular complexity index is 109. The van der Waals surface area contributed by atoms with Gasteiger partial charge in [-0.15, -0.1) is 6.58 Å². The number of rotatable bonds is 4. The van der Waals surface area contributed by atoms with E-state index in [0.717, 1.165) is 6.08 Å². The third kappa shape index (κ3) is 3.54. The summed E-state index contributed by atoms with van der Waals surface area (Å²) < 4.78 is 36.8. The van der Waals surface area contributed by atoms with Gasteiger partial charge in [0, 0.05) is 12.8 Å². The number of halogens is 3. The minimum Gasteiger partial charge on any atom is -0.243 e. The smallest absolute Gasteiger partial charge is 0.243 e. The van der Waals surface area contributed by atoms with Gasteiger partial charge in [-0.25, -0.2) is 13.2 Å². The van der Waals surface area contributed by atoms with Crippen molar-refractivity contribution in [3.63, 3.8) is 0 Å². The highest BCUT2D eigenvalue weighted by molar-refractivity contribution is 4.83. The van der Waals surface area contributed by atoms with Crippen molar-refractivity contribution in [2.24, 2.45) is 0 Å². The van der Waals surface area contributed by atoms with Crippen LogP contribution in [0, 0.1) is 0 Å². The fourth-order valence-corrected chi connectivity index (χ4v) is 0.513. The van der Waals surface area contributed by atoms with Crippen LogP contribution in [0.2, 0.25) is 0 Å². The molecule has 0 aliphatic carbocycles. The highest BCUT2D eigenvalue weighted by Gasteiger charge is 2.29. The molecule has 3 heteroatoms. The normalized spacial score (nSPS) is 14.8. The van der Waals surface area contributed by atoms with Crippen LogP contribution in [0.4, 0.5) is 13.2 Å². The molecule has 0 aromatic rings. The summed E-state index contributed by atoms with van der Waals surface area (Å²) in [5.41, 5.74) is 0. The standard InChI is InChI=1S/C7H11F3/c1-3-6(8)5-7(9,10)4-2/h3,6H,1,4-5H2,2H3. The molecule has 0 saturated heterocycles. The summed E-state index contributed by atoms with van der Waals surface area (Å²) in [7, 11) is 0. The number of hydrogen-bond donors (Lipinski definition) is 0. The molecule has 0 N–H and O–H groups in total. The minimum absolute atomic E-state index is 0.318. The van der Waals surface area contributed by atoms with E-state index in [0.29, 0.717) is 0 Å². The van der Waals surface area contributed by atoms with E-state index in [1.54, 1.807) is 0 Å². The summed E-state index contributed by atoms with van der Waals surface area (Å²) in [6.45, 7) is 4.40. The lowest BCUT2D eigenvalue weighted by Gasteiger charge is -2.13. The molecular formula is C7H11F3. The Morgan fingerprint density at radius 2 is 2.10 bits per heavy atom. The molecule has 0 nitrogen and oxygen atoms in total. The molecular weight excluding hydrogens is 141 g/mol. The second-order valence-corrected chi connectivity index (χ2v) is 2.17. The first-order chi connectivity index (χ1) is 4.52. The van der Waals surface area contributed by atoms with Gasteiger partial charge in [-0.1, -0.05) is 13.0 Å². The quantitative estimate of drug-likeness (QED) is 0.543. The van der Waals surface area contributed by atoms with E-state index < -0.39 is 18.5 Å². The highest BCUT2D eigenvalue weighted by atomic mass is 19.3. The second kappa shape index (κ2) is 3.64. The molecule has 0 rings (SSSR count). The fourth-order valence-electron chi connectivity index (χ4n) is 0.513. The first-order valence-electron chi connectivity index (χ1n) is 3.16. The number of hydrogen-bond acceptors (Lipinski definition) is 0. The van der Waals surface area contributed by atoms with Gasteiger partial charge in [-0.2, -0.15) is 0 Å². The fraction of sp³-hybridized carbons (Fsp3) is 0.714. The second-order valence-electron chi connectivity index (χ2n) is 2.17. The largest absolute Gasteiger partial charge is 0.251 e. The maximum absolute atomic E-state index is 12.3. The van der Waals surface area contributed by atoms with E-state index in [1.807, 2.05) is 0 Å². The summed E-state index contributed by atoms with van der Waals surface area (Å²) in [6.07, 6.45) is -1.76. The summed E-state index contributed by atoms with van der Waals surface area (Å²) >= 11 is 0. The van der Waals surface area contributed by atoms with Gasteiger partial charge < -0.3 is 0 Å². The van der Waals surface area contributed by atoms with Crippen LogP contribution in [-0.2, 0) is 0 Å². The molecule has 0 heterocycles. The third-order valence-electron chi connectivity index (χ3n) is 1.27. The van der Waals surface area contributed by atoms with Gasteiger partial charge in [0.1, 0.15) is 6.17 Å². The molecule has 60 valence electrons. The predicted octanol–water partition coefficient (Wildman–Crippen LogP) is 2.95. The van der Waals surface area contributed by atoms with Crippen molar-refractivity contribution in [1.29, 1.82) is 0 Å². The maximum atomic E-state index is 12.3. The molecule has 0 saturated carbocycles. The van der Waals surface area contributed by atoms with Gasteiger partial charge in [-0.05, 0) is 0 Å². The maximum Gasteiger partial charge on any atom is 0.251 e. The van der Waals surface area contributed by atoms with E-state index in [-0.39, 0.29) is 6.42 Å². The van der Waals surface area contributed by atoms with Gasteiger partial charge in [0.15, 0.2) is 0 Å². The third-order valence-corrected chi connectivity index (χ3v) is 1.27. The van der Waals surface area contributed by atoms with Crippen LogP contribution in [0.25, 0.3) is 0 Å². The van der Waals surface area contributed by atoms with E-state index in [1.165, 1.54) is 6.92 Å². The Kier molecular flexibility index (Phi) is 3.47. The lowest BCUT2D eigenvalue weighted by atomic mass is 10.1. The molecule has 0 aliphatic rings. The molecule has 1 unspecified atom stereocenters. The van der Waals surface area contributed by atoms with Crippen LogP contribution in [0.3, 0.4) is 0 Å². The number of alkyl halides is 3. The van der Waals surface area contributed by atoms with Crippen LogP contribution >= 0.6 is 0 Å². The Balaban J connectivity index is 3.75. The van der Waals surface area contributed by atoms with E-state index in [2.05, 4.69) is 6.58 Å². The summed E-state index contributed by atoms with van der Waals surface area (Å²) in [4.78, 5) is 0. The van der Waals surface area contributed by atoms with Crippen LogP contribution in [0.15, 0.2) is 12.7 Å². The molecule has 0 amide bonds. The van der Waals surface area contributed by atoms with Gasteiger partial charge in [0.2, 0.25) is 0 Å². The van der Waals surface area contributed by atoms with Crippen LogP contribution in [-0.4, -0.2) is 12.1 Å². The van der Waals surface area contributed by atoms with Crippen molar-refractivity contribution in [2.75, 3.05) is 0 Å². The molecule has 1 atom stereocenters. The molecule has 0 bridgehead atoms. The van der Waals surface area contributed by atoms with Crippen molar-refractivity contribution >= 4 is 0 Å². The lowest BCUT2D eigenvalue weighted by molar-refractivity contribution is -0.0251. The van der Waals surface area contributed by atoms with Crippen molar-refractivity contribution in [3.8, 4) is 0 Å². The van der Waals surface area contributed by atoms with Crippen molar-refractivity contribution in [2.45, 2.75) is 31.9 Å². The van der Waals surface area contributed by atoms with Crippen molar-refractivity contribution < 1.29 is 13.2 Å². The summed E-state index contributed by atoms with van der Waals surface area (Å²) in [5, 5.41) is 0. The van der Waals surface area contributed by atoms with E-state index in [9.17, 15) is 13.2 Å². The topological polar surface area (TPSA) is 0 Å². The lowest BCUT2D eigenvalue weighted by Crippen LogP contribution is -2.19. The highest BCUT2D eigenvalue weighted by Crippen LogP contribution is 2.25. The zero-order valence-electron chi connectivity index (χ0n) is 5.91.